The number of nitrogens with two attached hydrogens (primary N) is 1. The van der Waals surface area contributed by atoms with Crippen LogP contribution in [-0.2, 0) is 4.79 Å². The van der Waals surface area contributed by atoms with Gasteiger partial charge < -0.3 is 11.1 Å². The van der Waals surface area contributed by atoms with E-state index in [0.29, 0.717) is 6.54 Å². The van der Waals surface area contributed by atoms with Crippen LogP contribution < -0.4 is 11.1 Å². The Morgan fingerprint density at radius 3 is 2.80 bits per heavy atom. The van der Waals surface area contributed by atoms with Crippen LogP contribution in [0.15, 0.2) is 11.6 Å². The molecule has 1 rings (SSSR count). The summed E-state index contributed by atoms with van der Waals surface area (Å²) in [5.41, 5.74) is 7.08. The maximum atomic E-state index is 11.7. The lowest BCUT2D eigenvalue weighted by atomic mass is 9.85. The smallest absolute Gasteiger partial charge is 0.223 e. The van der Waals surface area contributed by atoms with Gasteiger partial charge in [0, 0.05) is 18.5 Å². The molecule has 1 saturated carbocycles. The number of amides is 1. The van der Waals surface area contributed by atoms with Crippen molar-refractivity contribution in [2.75, 3.05) is 6.54 Å². The molecule has 0 radical (unpaired) electrons. The van der Waals surface area contributed by atoms with E-state index in [4.69, 9.17) is 5.73 Å². The van der Waals surface area contributed by atoms with Gasteiger partial charge in [-0.1, -0.05) is 18.1 Å². The molecule has 0 aliphatic heterocycles. The van der Waals surface area contributed by atoms with Crippen LogP contribution in [0.25, 0.3) is 0 Å². The van der Waals surface area contributed by atoms with E-state index in [2.05, 4.69) is 5.32 Å². The summed E-state index contributed by atoms with van der Waals surface area (Å²) in [6.07, 6.45) is 6.02. The number of hydrogen-bond donors (Lipinski definition) is 2. The highest BCUT2D eigenvalue weighted by molar-refractivity contribution is 5.78. The Morgan fingerprint density at radius 1 is 1.47 bits per heavy atom. The molecule has 1 aliphatic rings. The molecule has 2 atom stereocenters. The lowest BCUT2D eigenvalue weighted by molar-refractivity contribution is -0.125. The molecule has 1 amide bonds. The molecule has 86 valence electrons. The van der Waals surface area contributed by atoms with Gasteiger partial charge in [-0.3, -0.25) is 4.79 Å². The highest BCUT2D eigenvalue weighted by Gasteiger charge is 2.24. The average molecular weight is 210 g/mol. The third kappa shape index (κ3) is 4.47. The standard InChI is InChI=1S/C12H22N2O/c1-9(2)6-7-14-12(15)10-4-3-5-11(13)8-10/h6,10-11H,3-5,7-8,13H2,1-2H3,(H,14,15). The van der Waals surface area contributed by atoms with Crippen molar-refractivity contribution in [2.45, 2.75) is 45.6 Å². The van der Waals surface area contributed by atoms with E-state index in [9.17, 15) is 4.79 Å². The third-order valence-corrected chi connectivity index (χ3v) is 2.87. The zero-order chi connectivity index (χ0) is 11.3. The summed E-state index contributed by atoms with van der Waals surface area (Å²) in [6.45, 7) is 4.71. The van der Waals surface area contributed by atoms with Gasteiger partial charge in [0.25, 0.3) is 0 Å². The van der Waals surface area contributed by atoms with Crippen LogP contribution in [0.5, 0.6) is 0 Å². The van der Waals surface area contributed by atoms with Gasteiger partial charge in [-0.15, -0.1) is 0 Å². The summed E-state index contributed by atoms with van der Waals surface area (Å²) in [5, 5.41) is 2.93. The monoisotopic (exact) mass is 210 g/mol. The second-order valence-electron chi connectivity index (χ2n) is 4.65. The summed E-state index contributed by atoms with van der Waals surface area (Å²) in [7, 11) is 0. The van der Waals surface area contributed by atoms with E-state index in [1.54, 1.807) is 0 Å². The van der Waals surface area contributed by atoms with Gasteiger partial charge in [-0.2, -0.15) is 0 Å². The molecule has 15 heavy (non-hydrogen) atoms. The van der Waals surface area contributed by atoms with Crippen LogP contribution in [0, 0.1) is 5.92 Å². The lowest BCUT2D eigenvalue weighted by Crippen LogP contribution is -2.37. The van der Waals surface area contributed by atoms with Crippen molar-refractivity contribution in [1.29, 1.82) is 0 Å². The first-order chi connectivity index (χ1) is 7.09. The van der Waals surface area contributed by atoms with Gasteiger partial charge in [0.1, 0.15) is 0 Å². The summed E-state index contributed by atoms with van der Waals surface area (Å²) in [4.78, 5) is 11.7. The molecule has 2 unspecified atom stereocenters. The number of rotatable bonds is 3. The zero-order valence-electron chi connectivity index (χ0n) is 9.75. The Balaban J connectivity index is 2.30. The fraction of sp³-hybridized carbons (Fsp3) is 0.750. The highest BCUT2D eigenvalue weighted by Crippen LogP contribution is 2.22. The summed E-state index contributed by atoms with van der Waals surface area (Å²) in [6, 6.07) is 0.220. The van der Waals surface area contributed by atoms with Crippen LogP contribution in [0.2, 0.25) is 0 Å². The molecule has 1 fully saturated rings. The minimum absolute atomic E-state index is 0.138. The number of carbonyl (C=O) groups is 1. The quantitative estimate of drug-likeness (QED) is 0.695. The average Bonchev–Trinajstić information content (AvgIpc) is 2.17. The van der Waals surface area contributed by atoms with Gasteiger partial charge in [-0.05, 0) is 33.1 Å². The van der Waals surface area contributed by atoms with Crippen LogP contribution >= 0.6 is 0 Å². The first-order valence-corrected chi connectivity index (χ1v) is 5.76. The highest BCUT2D eigenvalue weighted by atomic mass is 16.1. The molecule has 0 spiro atoms. The number of nitrogens with one attached hydrogen (secondary N) is 1. The van der Waals surface area contributed by atoms with E-state index in [1.165, 1.54) is 5.57 Å². The van der Waals surface area contributed by atoms with E-state index < -0.39 is 0 Å². The molecule has 0 bridgehead atoms. The van der Waals surface area contributed by atoms with E-state index in [1.807, 2.05) is 19.9 Å². The van der Waals surface area contributed by atoms with Gasteiger partial charge in [0.05, 0.1) is 0 Å². The van der Waals surface area contributed by atoms with Crippen molar-refractivity contribution < 1.29 is 4.79 Å². The Hall–Kier alpha value is -0.830. The number of hydrogen-bond acceptors (Lipinski definition) is 2. The van der Waals surface area contributed by atoms with Gasteiger partial charge >= 0.3 is 0 Å². The number of allylic oxidation sites excluding steroid dienone is 1. The fourth-order valence-electron chi connectivity index (χ4n) is 1.97. The largest absolute Gasteiger partial charge is 0.352 e. The SMILES string of the molecule is CC(C)=CCNC(=O)C1CCCC(N)C1. The molecule has 1 aliphatic carbocycles. The predicted molar refractivity (Wildman–Crippen MR) is 62.4 cm³/mol. The van der Waals surface area contributed by atoms with Crippen molar-refractivity contribution in [3.05, 3.63) is 11.6 Å². The first-order valence-electron chi connectivity index (χ1n) is 5.76. The molecule has 3 heteroatoms. The van der Waals surface area contributed by atoms with Crippen molar-refractivity contribution >= 4 is 5.91 Å². The fourth-order valence-corrected chi connectivity index (χ4v) is 1.97. The topological polar surface area (TPSA) is 55.1 Å². The third-order valence-electron chi connectivity index (χ3n) is 2.87. The Kier molecular flexibility index (Phi) is 4.82. The Bertz CT molecular complexity index is 244. The van der Waals surface area contributed by atoms with Crippen LogP contribution in [-0.4, -0.2) is 18.5 Å². The molecule has 0 heterocycles. The Labute approximate surface area is 92.1 Å². The lowest BCUT2D eigenvalue weighted by Gasteiger charge is -2.25. The van der Waals surface area contributed by atoms with Crippen molar-refractivity contribution in [1.82, 2.24) is 5.32 Å². The molecule has 3 N–H and O–H groups in total. The minimum Gasteiger partial charge on any atom is -0.352 e. The molecule has 0 aromatic rings. The first kappa shape index (κ1) is 12.2. The van der Waals surface area contributed by atoms with E-state index >= 15 is 0 Å². The maximum Gasteiger partial charge on any atom is 0.223 e. The second kappa shape index (κ2) is 5.91. The van der Waals surface area contributed by atoms with Gasteiger partial charge in [-0.25, -0.2) is 0 Å². The molecular formula is C12H22N2O. The predicted octanol–water partition coefficient (Wildman–Crippen LogP) is 1.59. The van der Waals surface area contributed by atoms with Crippen molar-refractivity contribution in [2.24, 2.45) is 11.7 Å². The van der Waals surface area contributed by atoms with Crippen LogP contribution in [0.3, 0.4) is 0 Å². The summed E-state index contributed by atoms with van der Waals surface area (Å²) in [5.74, 6) is 0.307. The molecule has 0 aromatic heterocycles. The van der Waals surface area contributed by atoms with Crippen molar-refractivity contribution in [3.8, 4) is 0 Å². The molecule has 0 aromatic carbocycles. The molecular weight excluding hydrogens is 188 g/mol. The molecule has 3 nitrogen and oxygen atoms in total. The van der Waals surface area contributed by atoms with Crippen LogP contribution in [0.1, 0.15) is 39.5 Å². The van der Waals surface area contributed by atoms with Crippen molar-refractivity contribution in [3.63, 3.8) is 0 Å². The second-order valence-corrected chi connectivity index (χ2v) is 4.65. The maximum absolute atomic E-state index is 11.7. The Morgan fingerprint density at radius 2 is 2.20 bits per heavy atom. The minimum atomic E-state index is 0.138. The zero-order valence-corrected chi connectivity index (χ0v) is 9.75. The normalized spacial score (nSPS) is 25.8. The van der Waals surface area contributed by atoms with Crippen LogP contribution in [0.4, 0.5) is 0 Å². The summed E-state index contributed by atoms with van der Waals surface area (Å²) >= 11 is 0. The van der Waals surface area contributed by atoms with Gasteiger partial charge in [0.2, 0.25) is 5.91 Å². The van der Waals surface area contributed by atoms with Gasteiger partial charge in [0.15, 0.2) is 0 Å². The van der Waals surface area contributed by atoms with E-state index in [0.717, 1.165) is 25.7 Å². The number of carbonyl (C=O) groups excluding carboxylic acids is 1. The summed E-state index contributed by atoms with van der Waals surface area (Å²) < 4.78 is 0. The van der Waals surface area contributed by atoms with E-state index in [-0.39, 0.29) is 17.9 Å². The molecule has 0 saturated heterocycles.